The third-order valence-corrected chi connectivity index (χ3v) is 5.73. The van der Waals surface area contributed by atoms with Gasteiger partial charge in [-0.1, -0.05) is 12.1 Å². The Balaban J connectivity index is 1.62. The zero-order valence-corrected chi connectivity index (χ0v) is 15.4. The Labute approximate surface area is 154 Å². The Kier molecular flexibility index (Phi) is 4.68. The number of carbonyl (C=O) groups is 1. The van der Waals surface area contributed by atoms with Gasteiger partial charge in [0, 0.05) is 31.9 Å². The molecule has 0 aliphatic carbocycles. The van der Waals surface area contributed by atoms with Crippen molar-refractivity contribution in [3.8, 4) is 17.0 Å². The lowest BCUT2D eigenvalue weighted by Crippen LogP contribution is -2.32. The molecule has 4 rings (SSSR count). The summed E-state index contributed by atoms with van der Waals surface area (Å²) in [6, 6.07) is 7.73. The van der Waals surface area contributed by atoms with Crippen LogP contribution in [0.15, 0.2) is 30.5 Å². The third kappa shape index (κ3) is 3.09. The van der Waals surface area contributed by atoms with Crippen molar-refractivity contribution >= 4 is 5.91 Å². The van der Waals surface area contributed by atoms with E-state index in [9.17, 15) is 4.79 Å². The van der Waals surface area contributed by atoms with Gasteiger partial charge in [0.1, 0.15) is 11.4 Å². The van der Waals surface area contributed by atoms with Crippen molar-refractivity contribution in [3.63, 3.8) is 0 Å². The third-order valence-electron chi connectivity index (χ3n) is 5.73. The zero-order valence-electron chi connectivity index (χ0n) is 15.4. The van der Waals surface area contributed by atoms with Gasteiger partial charge in [0.25, 0.3) is 5.91 Å². The Morgan fingerprint density at radius 3 is 2.58 bits per heavy atom. The molecule has 1 N–H and O–H groups in total. The highest BCUT2D eigenvalue weighted by molar-refractivity contribution is 6.00. The monoisotopic (exact) mass is 354 g/mol. The summed E-state index contributed by atoms with van der Waals surface area (Å²) in [5.74, 6) is 2.22. The molecule has 2 atom stereocenters. The molecule has 3 heterocycles. The van der Waals surface area contributed by atoms with Gasteiger partial charge in [0.2, 0.25) is 0 Å². The molecule has 2 saturated heterocycles. The number of rotatable bonds is 3. The minimum Gasteiger partial charge on any atom is -0.496 e. The molecule has 1 aromatic heterocycles. The van der Waals surface area contributed by atoms with E-state index in [-0.39, 0.29) is 5.91 Å². The van der Waals surface area contributed by atoms with E-state index in [4.69, 9.17) is 4.74 Å². The summed E-state index contributed by atoms with van der Waals surface area (Å²) in [4.78, 5) is 15.3. The van der Waals surface area contributed by atoms with Crippen LogP contribution in [0, 0.1) is 11.8 Å². The largest absolute Gasteiger partial charge is 0.496 e. The number of nitrogens with zero attached hydrogens (tertiary/aromatic N) is 3. The first-order valence-electron chi connectivity index (χ1n) is 9.34. The number of hydrogen-bond acceptors (Lipinski definition) is 4. The molecule has 2 aliphatic rings. The van der Waals surface area contributed by atoms with E-state index in [0.717, 1.165) is 50.3 Å². The second-order valence-electron chi connectivity index (χ2n) is 7.31. The van der Waals surface area contributed by atoms with Crippen LogP contribution in [0.25, 0.3) is 11.3 Å². The van der Waals surface area contributed by atoms with E-state index in [0.29, 0.717) is 23.1 Å². The van der Waals surface area contributed by atoms with Gasteiger partial charge in [0.15, 0.2) is 0 Å². The van der Waals surface area contributed by atoms with Crippen LogP contribution < -0.4 is 10.1 Å². The average molecular weight is 354 g/mol. The predicted octanol–water partition coefficient (Wildman–Crippen LogP) is 2.17. The molecule has 2 aliphatic heterocycles. The van der Waals surface area contributed by atoms with Crippen molar-refractivity contribution in [3.05, 3.63) is 36.0 Å². The Hall–Kier alpha value is -2.34. The van der Waals surface area contributed by atoms with Gasteiger partial charge in [-0.2, -0.15) is 5.10 Å². The molecule has 138 valence electrons. The Bertz CT molecular complexity index is 787. The van der Waals surface area contributed by atoms with Crippen LogP contribution >= 0.6 is 0 Å². The van der Waals surface area contributed by atoms with Crippen molar-refractivity contribution in [1.82, 2.24) is 20.0 Å². The quantitative estimate of drug-likeness (QED) is 0.918. The van der Waals surface area contributed by atoms with E-state index in [1.807, 2.05) is 42.4 Å². The smallest absolute Gasteiger partial charge is 0.257 e. The van der Waals surface area contributed by atoms with Crippen molar-refractivity contribution in [2.75, 3.05) is 33.3 Å². The SMILES string of the molecule is COc1ccccc1-c1nn(C)cc1C(=O)N1CC[C@@H]2CNC[C@@H]2CC1. The first-order valence-corrected chi connectivity index (χ1v) is 9.34. The Morgan fingerprint density at radius 1 is 1.19 bits per heavy atom. The molecule has 0 bridgehead atoms. The lowest BCUT2D eigenvalue weighted by Gasteiger charge is -2.21. The summed E-state index contributed by atoms with van der Waals surface area (Å²) in [5, 5.41) is 8.05. The molecule has 2 fully saturated rings. The molecule has 0 unspecified atom stereocenters. The number of ether oxygens (including phenoxy) is 1. The van der Waals surface area contributed by atoms with Crippen molar-refractivity contribution < 1.29 is 9.53 Å². The topological polar surface area (TPSA) is 59.4 Å². The fraction of sp³-hybridized carbons (Fsp3) is 0.500. The first kappa shape index (κ1) is 17.1. The highest BCUT2D eigenvalue weighted by Gasteiger charge is 2.33. The number of para-hydroxylation sites is 1. The maximum atomic E-state index is 13.3. The van der Waals surface area contributed by atoms with Crippen molar-refractivity contribution in [1.29, 1.82) is 0 Å². The van der Waals surface area contributed by atoms with Gasteiger partial charge >= 0.3 is 0 Å². The molecule has 0 saturated carbocycles. The number of carbonyl (C=O) groups excluding carboxylic acids is 1. The average Bonchev–Trinajstić information content (AvgIpc) is 3.22. The fourth-order valence-electron chi connectivity index (χ4n) is 4.28. The second-order valence-corrected chi connectivity index (χ2v) is 7.31. The maximum Gasteiger partial charge on any atom is 0.257 e. The van der Waals surface area contributed by atoms with Gasteiger partial charge in [-0.05, 0) is 49.9 Å². The van der Waals surface area contributed by atoms with Crippen LogP contribution in [0.2, 0.25) is 0 Å². The summed E-state index contributed by atoms with van der Waals surface area (Å²) >= 11 is 0. The van der Waals surface area contributed by atoms with Crippen LogP contribution in [0.3, 0.4) is 0 Å². The number of methoxy groups -OCH3 is 1. The molecule has 6 heteroatoms. The normalized spacial score (nSPS) is 22.8. The van der Waals surface area contributed by atoms with Gasteiger partial charge in [-0.3, -0.25) is 9.48 Å². The highest BCUT2D eigenvalue weighted by Crippen LogP contribution is 2.33. The van der Waals surface area contributed by atoms with E-state index in [2.05, 4.69) is 10.4 Å². The number of nitrogens with one attached hydrogen (secondary N) is 1. The second kappa shape index (κ2) is 7.11. The fourth-order valence-corrected chi connectivity index (χ4v) is 4.28. The summed E-state index contributed by atoms with van der Waals surface area (Å²) in [5.41, 5.74) is 2.21. The predicted molar refractivity (Wildman–Crippen MR) is 100 cm³/mol. The molecule has 26 heavy (non-hydrogen) atoms. The van der Waals surface area contributed by atoms with Crippen LogP contribution in [-0.2, 0) is 7.05 Å². The van der Waals surface area contributed by atoms with Crippen LogP contribution in [0.4, 0.5) is 0 Å². The van der Waals surface area contributed by atoms with E-state index in [1.165, 1.54) is 0 Å². The number of likely N-dealkylation sites (tertiary alicyclic amines) is 1. The lowest BCUT2D eigenvalue weighted by molar-refractivity contribution is 0.0759. The molecule has 0 radical (unpaired) electrons. The van der Waals surface area contributed by atoms with Crippen molar-refractivity contribution in [2.24, 2.45) is 18.9 Å². The van der Waals surface area contributed by atoms with Crippen LogP contribution in [0.1, 0.15) is 23.2 Å². The number of benzene rings is 1. The van der Waals surface area contributed by atoms with Gasteiger partial charge in [0.05, 0.1) is 12.7 Å². The molecular weight excluding hydrogens is 328 g/mol. The summed E-state index contributed by atoms with van der Waals surface area (Å²) in [6.07, 6.45) is 3.98. The van der Waals surface area contributed by atoms with E-state index >= 15 is 0 Å². The van der Waals surface area contributed by atoms with Crippen LogP contribution in [0.5, 0.6) is 5.75 Å². The Morgan fingerprint density at radius 2 is 1.88 bits per heavy atom. The van der Waals surface area contributed by atoms with E-state index in [1.54, 1.807) is 11.8 Å². The van der Waals surface area contributed by atoms with Crippen LogP contribution in [-0.4, -0.2) is 53.9 Å². The minimum absolute atomic E-state index is 0.0759. The van der Waals surface area contributed by atoms with E-state index < -0.39 is 0 Å². The summed E-state index contributed by atoms with van der Waals surface area (Å²) in [6.45, 7) is 3.82. The maximum absolute atomic E-state index is 13.3. The zero-order chi connectivity index (χ0) is 18.1. The summed E-state index contributed by atoms with van der Waals surface area (Å²) < 4.78 is 7.19. The molecule has 1 amide bonds. The number of fused-ring (bicyclic) bond motifs is 1. The minimum atomic E-state index is 0.0759. The molecule has 6 nitrogen and oxygen atoms in total. The lowest BCUT2D eigenvalue weighted by atomic mass is 9.92. The van der Waals surface area contributed by atoms with Gasteiger partial charge in [-0.15, -0.1) is 0 Å². The number of hydrogen-bond donors (Lipinski definition) is 1. The van der Waals surface area contributed by atoms with Gasteiger partial charge < -0.3 is 15.0 Å². The molecule has 1 aromatic carbocycles. The number of aryl methyl sites for hydroxylation is 1. The standard InChI is InChI=1S/C20H26N4O2/c1-23-13-17(19(22-23)16-5-3-4-6-18(16)26-2)20(25)24-9-7-14-11-21-12-15(14)8-10-24/h3-6,13-15,21H,7-12H2,1-2H3/t14-,15+. The first-order chi connectivity index (χ1) is 12.7. The molecule has 0 spiro atoms. The van der Waals surface area contributed by atoms with Crippen molar-refractivity contribution in [2.45, 2.75) is 12.8 Å². The molecule has 2 aromatic rings. The number of aromatic nitrogens is 2. The summed E-state index contributed by atoms with van der Waals surface area (Å²) in [7, 11) is 3.50. The van der Waals surface area contributed by atoms with Gasteiger partial charge in [-0.25, -0.2) is 0 Å². The molecular formula is C20H26N4O2. The number of amides is 1. The highest BCUT2D eigenvalue weighted by atomic mass is 16.5.